The molecule has 4 heteroatoms. The van der Waals surface area contributed by atoms with Gasteiger partial charge >= 0.3 is 6.09 Å². The van der Waals surface area contributed by atoms with Gasteiger partial charge in [-0.25, -0.2) is 4.79 Å². The van der Waals surface area contributed by atoms with Crippen LogP contribution in [0.4, 0.5) is 4.79 Å². The Bertz CT molecular complexity index is 537. The third-order valence-electron chi connectivity index (χ3n) is 6.92. The van der Waals surface area contributed by atoms with E-state index in [1.54, 1.807) is 0 Å². The minimum Gasteiger partial charge on any atom is -0.449 e. The van der Waals surface area contributed by atoms with E-state index in [4.69, 9.17) is 9.47 Å². The number of carbonyl (C=O) groups excluding carboxylic acids is 1. The highest BCUT2D eigenvalue weighted by atomic mass is 16.6. The summed E-state index contributed by atoms with van der Waals surface area (Å²) >= 11 is 0. The van der Waals surface area contributed by atoms with Crippen molar-refractivity contribution >= 4 is 6.09 Å². The number of alkyl carbamates (subject to hydrolysis) is 1. The minimum atomic E-state index is -0.269. The summed E-state index contributed by atoms with van der Waals surface area (Å²) in [6.45, 7) is 11.6. The van der Waals surface area contributed by atoms with Crippen LogP contribution < -0.4 is 5.32 Å². The Kier molecular flexibility index (Phi) is 5.57. The van der Waals surface area contributed by atoms with Crippen molar-refractivity contribution in [1.29, 1.82) is 0 Å². The van der Waals surface area contributed by atoms with Crippen molar-refractivity contribution in [1.82, 2.24) is 5.32 Å². The van der Waals surface area contributed by atoms with E-state index >= 15 is 0 Å². The molecule has 0 aromatic rings. The fourth-order valence-corrected chi connectivity index (χ4v) is 5.17. The van der Waals surface area contributed by atoms with Crippen LogP contribution in [0.3, 0.4) is 0 Å². The number of hydrogen-bond donors (Lipinski definition) is 1. The molecule has 0 spiro atoms. The lowest BCUT2D eigenvalue weighted by atomic mass is 9.56. The second-order valence-electron chi connectivity index (χ2n) is 8.31. The Morgan fingerprint density at radius 3 is 2.80 bits per heavy atom. The molecular formula is C21H33NO3. The van der Waals surface area contributed by atoms with Gasteiger partial charge in [-0.2, -0.15) is 0 Å². The van der Waals surface area contributed by atoms with Gasteiger partial charge in [0.15, 0.2) is 0 Å². The van der Waals surface area contributed by atoms with E-state index in [9.17, 15) is 4.79 Å². The van der Waals surface area contributed by atoms with Gasteiger partial charge in [-0.15, -0.1) is 6.58 Å². The zero-order valence-electron chi connectivity index (χ0n) is 15.9. The minimum absolute atomic E-state index is 0.0583. The number of amides is 1. The van der Waals surface area contributed by atoms with Crippen molar-refractivity contribution in [3.8, 4) is 0 Å². The molecular weight excluding hydrogens is 314 g/mol. The average molecular weight is 347 g/mol. The van der Waals surface area contributed by atoms with Crippen molar-refractivity contribution in [2.24, 2.45) is 23.2 Å². The topological polar surface area (TPSA) is 47.6 Å². The molecule has 1 saturated heterocycles. The smallest absolute Gasteiger partial charge is 0.407 e. The highest BCUT2D eigenvalue weighted by molar-refractivity contribution is 5.67. The summed E-state index contributed by atoms with van der Waals surface area (Å²) in [4.78, 5) is 12.3. The van der Waals surface area contributed by atoms with Gasteiger partial charge < -0.3 is 14.8 Å². The Hall–Kier alpha value is -1.29. The molecule has 3 aliphatic rings. The van der Waals surface area contributed by atoms with Crippen LogP contribution in [0, 0.1) is 23.2 Å². The molecule has 2 aliphatic carbocycles. The van der Waals surface area contributed by atoms with Crippen LogP contribution in [0.5, 0.6) is 0 Å². The van der Waals surface area contributed by atoms with Gasteiger partial charge in [0.1, 0.15) is 6.61 Å². The van der Waals surface area contributed by atoms with Crippen molar-refractivity contribution in [3.05, 3.63) is 24.3 Å². The number of rotatable bonds is 4. The fraction of sp³-hybridized carbons (Fsp3) is 0.762. The summed E-state index contributed by atoms with van der Waals surface area (Å²) in [7, 11) is 0. The Labute approximate surface area is 152 Å². The van der Waals surface area contributed by atoms with Gasteiger partial charge in [0.05, 0.1) is 12.7 Å². The first kappa shape index (κ1) is 18.5. The molecule has 140 valence electrons. The van der Waals surface area contributed by atoms with E-state index in [1.807, 2.05) is 6.08 Å². The second kappa shape index (κ2) is 7.53. The lowest BCUT2D eigenvalue weighted by Gasteiger charge is -2.54. The van der Waals surface area contributed by atoms with Gasteiger partial charge in [-0.05, 0) is 31.6 Å². The predicted octanol–water partition coefficient (Wildman–Crippen LogP) is 4.46. The molecule has 2 bridgehead atoms. The number of fused-ring (bicyclic) bond motifs is 2. The molecule has 5 atom stereocenters. The van der Waals surface area contributed by atoms with Crippen LogP contribution in [0.25, 0.3) is 0 Å². The number of carbonyl (C=O) groups is 1. The first-order chi connectivity index (χ1) is 12.0. The Morgan fingerprint density at radius 1 is 1.40 bits per heavy atom. The standard InChI is InChI=1S/C21H33NO3/c1-5-18-19-14(2)11-15(3)21(12-24-18,16(19)4)13-25-20(23)22-17-9-7-6-8-10-17/h5,11,15-19H,1,6-10,12-13H2,2-4H3,(H,22,23)/t15-,16+,18-,19+,21+/m0/s1. The number of nitrogens with one attached hydrogen (secondary N) is 1. The van der Waals surface area contributed by atoms with Gasteiger partial charge in [0.2, 0.25) is 0 Å². The molecule has 2 fully saturated rings. The maximum Gasteiger partial charge on any atom is 0.407 e. The van der Waals surface area contributed by atoms with Gasteiger partial charge in [-0.1, -0.05) is 50.8 Å². The molecule has 4 nitrogen and oxygen atoms in total. The fourth-order valence-electron chi connectivity index (χ4n) is 5.17. The summed E-state index contributed by atoms with van der Waals surface area (Å²) in [6, 6.07) is 0.280. The van der Waals surface area contributed by atoms with Crippen LogP contribution in [0.15, 0.2) is 24.3 Å². The monoisotopic (exact) mass is 347 g/mol. The molecule has 25 heavy (non-hydrogen) atoms. The second-order valence-corrected chi connectivity index (χ2v) is 8.31. The van der Waals surface area contributed by atoms with Crippen LogP contribution in [-0.2, 0) is 9.47 Å². The van der Waals surface area contributed by atoms with Crippen LogP contribution in [0.1, 0.15) is 52.9 Å². The maximum absolute atomic E-state index is 12.3. The molecule has 0 aromatic carbocycles. The lowest BCUT2D eigenvalue weighted by molar-refractivity contribution is -0.149. The summed E-state index contributed by atoms with van der Waals surface area (Å²) in [5, 5.41) is 3.05. The normalized spacial score (nSPS) is 38.6. The SMILES string of the molecule is C=C[C@@H]1OC[C@]2(COC(=O)NC3CCCCC3)[C@H](C)[C@H]1C(C)=C[C@@H]2C. The zero-order chi connectivity index (χ0) is 18.0. The molecule has 1 aliphatic heterocycles. The zero-order valence-corrected chi connectivity index (χ0v) is 15.9. The van der Waals surface area contributed by atoms with E-state index in [-0.39, 0.29) is 23.7 Å². The van der Waals surface area contributed by atoms with Gasteiger partial charge in [-0.3, -0.25) is 0 Å². The van der Waals surface area contributed by atoms with Crippen LogP contribution in [-0.4, -0.2) is 31.5 Å². The van der Waals surface area contributed by atoms with Crippen LogP contribution >= 0.6 is 0 Å². The molecule has 1 N–H and O–H groups in total. The van der Waals surface area contributed by atoms with Crippen molar-refractivity contribution in [3.63, 3.8) is 0 Å². The van der Waals surface area contributed by atoms with E-state index in [2.05, 4.69) is 38.7 Å². The van der Waals surface area contributed by atoms with E-state index in [0.29, 0.717) is 31.0 Å². The quantitative estimate of drug-likeness (QED) is 0.764. The van der Waals surface area contributed by atoms with Gasteiger partial charge in [0, 0.05) is 17.4 Å². The summed E-state index contributed by atoms with van der Waals surface area (Å²) < 4.78 is 11.8. The predicted molar refractivity (Wildman–Crippen MR) is 99.3 cm³/mol. The summed E-state index contributed by atoms with van der Waals surface area (Å²) in [5.41, 5.74) is 1.22. The summed E-state index contributed by atoms with van der Waals surface area (Å²) in [5.74, 6) is 1.05. The number of allylic oxidation sites excluding steroid dienone is 1. The number of ether oxygens (including phenoxy) is 2. The molecule has 0 unspecified atom stereocenters. The third-order valence-corrected chi connectivity index (χ3v) is 6.92. The van der Waals surface area contributed by atoms with Crippen molar-refractivity contribution < 1.29 is 14.3 Å². The van der Waals surface area contributed by atoms with Crippen molar-refractivity contribution in [2.75, 3.05) is 13.2 Å². The largest absolute Gasteiger partial charge is 0.449 e. The molecule has 1 heterocycles. The summed E-state index contributed by atoms with van der Waals surface area (Å²) in [6.07, 6.45) is 9.86. The highest BCUT2D eigenvalue weighted by Crippen LogP contribution is 2.52. The molecule has 1 amide bonds. The molecule has 1 saturated carbocycles. The number of hydrogen-bond acceptors (Lipinski definition) is 3. The highest BCUT2D eigenvalue weighted by Gasteiger charge is 2.53. The van der Waals surface area contributed by atoms with Crippen molar-refractivity contribution in [2.45, 2.75) is 65.0 Å². The van der Waals surface area contributed by atoms with E-state index in [1.165, 1.54) is 24.8 Å². The Balaban J connectivity index is 1.66. The van der Waals surface area contributed by atoms with E-state index < -0.39 is 0 Å². The van der Waals surface area contributed by atoms with Crippen LogP contribution in [0.2, 0.25) is 0 Å². The lowest BCUT2D eigenvalue weighted by Crippen LogP contribution is -2.56. The van der Waals surface area contributed by atoms with E-state index in [0.717, 1.165) is 12.8 Å². The average Bonchev–Trinajstić information content (AvgIpc) is 2.59. The first-order valence-electron chi connectivity index (χ1n) is 9.83. The maximum atomic E-state index is 12.3. The van der Waals surface area contributed by atoms with Gasteiger partial charge in [0.25, 0.3) is 0 Å². The molecule has 0 aromatic heterocycles. The third kappa shape index (κ3) is 3.51. The molecule has 3 rings (SSSR count). The first-order valence-corrected chi connectivity index (χ1v) is 9.83. The Morgan fingerprint density at radius 2 is 2.12 bits per heavy atom. The molecule has 0 radical (unpaired) electrons.